The SMILES string of the molecule is CCS(=O)(=O)CCn1c(=O)c(N)c(C(C)C)n1C. The van der Waals surface area contributed by atoms with Gasteiger partial charge in [-0.25, -0.2) is 13.1 Å². The normalized spacial score (nSPS) is 12.3. The number of anilines is 1. The third-order valence-electron chi connectivity index (χ3n) is 3.05. The van der Waals surface area contributed by atoms with Gasteiger partial charge in [0.2, 0.25) is 0 Å². The predicted molar refractivity (Wildman–Crippen MR) is 72.5 cm³/mol. The fourth-order valence-corrected chi connectivity index (χ4v) is 2.74. The van der Waals surface area contributed by atoms with Crippen LogP contribution in [-0.4, -0.2) is 29.3 Å². The minimum Gasteiger partial charge on any atom is -0.393 e. The Hall–Kier alpha value is -1.24. The van der Waals surface area contributed by atoms with Crippen molar-refractivity contribution in [2.75, 3.05) is 17.2 Å². The maximum Gasteiger partial charge on any atom is 0.290 e. The van der Waals surface area contributed by atoms with Gasteiger partial charge in [0, 0.05) is 12.8 Å². The lowest BCUT2D eigenvalue weighted by Gasteiger charge is -2.11. The summed E-state index contributed by atoms with van der Waals surface area (Å²) in [5, 5.41) is 0. The van der Waals surface area contributed by atoms with E-state index in [0.717, 1.165) is 5.69 Å². The fraction of sp³-hybridized carbons (Fsp3) is 0.727. The lowest BCUT2D eigenvalue weighted by molar-refractivity contribution is 0.491. The van der Waals surface area contributed by atoms with Crippen LogP contribution in [0.25, 0.3) is 0 Å². The molecule has 0 amide bonds. The first-order valence-corrected chi connectivity index (χ1v) is 7.79. The molecule has 0 radical (unpaired) electrons. The van der Waals surface area contributed by atoms with Gasteiger partial charge in [0.1, 0.15) is 5.69 Å². The molecule has 0 fully saturated rings. The molecule has 0 spiro atoms. The number of rotatable bonds is 5. The lowest BCUT2D eigenvalue weighted by Crippen LogP contribution is -2.27. The van der Waals surface area contributed by atoms with Crippen molar-refractivity contribution in [2.45, 2.75) is 33.2 Å². The Morgan fingerprint density at radius 3 is 2.28 bits per heavy atom. The zero-order chi connectivity index (χ0) is 14.1. The number of aromatic nitrogens is 2. The molecule has 18 heavy (non-hydrogen) atoms. The highest BCUT2D eigenvalue weighted by molar-refractivity contribution is 7.91. The third-order valence-corrected chi connectivity index (χ3v) is 4.74. The van der Waals surface area contributed by atoms with Gasteiger partial charge in [0.05, 0.1) is 18.0 Å². The van der Waals surface area contributed by atoms with Gasteiger partial charge >= 0.3 is 0 Å². The van der Waals surface area contributed by atoms with Crippen LogP contribution in [0.2, 0.25) is 0 Å². The fourth-order valence-electron chi connectivity index (χ4n) is 2.00. The maximum atomic E-state index is 11.9. The van der Waals surface area contributed by atoms with Crippen LogP contribution in [-0.2, 0) is 23.4 Å². The Kier molecular flexibility index (Phi) is 4.26. The number of nitrogens with zero attached hydrogens (tertiary/aromatic N) is 2. The lowest BCUT2D eigenvalue weighted by atomic mass is 10.1. The molecule has 7 heteroatoms. The average molecular weight is 275 g/mol. The van der Waals surface area contributed by atoms with E-state index in [1.165, 1.54) is 4.68 Å². The van der Waals surface area contributed by atoms with Crippen LogP contribution in [0, 0.1) is 0 Å². The summed E-state index contributed by atoms with van der Waals surface area (Å²) < 4.78 is 26.0. The van der Waals surface area contributed by atoms with Crippen LogP contribution < -0.4 is 11.3 Å². The molecule has 0 bridgehead atoms. The van der Waals surface area contributed by atoms with Gasteiger partial charge in [-0.15, -0.1) is 0 Å². The van der Waals surface area contributed by atoms with E-state index in [9.17, 15) is 13.2 Å². The molecule has 2 N–H and O–H groups in total. The second-order valence-electron chi connectivity index (χ2n) is 4.64. The van der Waals surface area contributed by atoms with E-state index >= 15 is 0 Å². The standard InChI is InChI=1S/C11H21N3O3S/c1-5-18(16,17)7-6-14-11(15)9(12)10(8(2)3)13(14)4/h8H,5-7,12H2,1-4H3. The van der Waals surface area contributed by atoms with Gasteiger partial charge in [-0.05, 0) is 5.92 Å². The van der Waals surface area contributed by atoms with Crippen LogP contribution in [0.15, 0.2) is 4.79 Å². The summed E-state index contributed by atoms with van der Waals surface area (Å²) in [4.78, 5) is 11.9. The van der Waals surface area contributed by atoms with Crippen LogP contribution in [0.1, 0.15) is 32.4 Å². The Morgan fingerprint density at radius 2 is 1.89 bits per heavy atom. The van der Waals surface area contributed by atoms with Crippen molar-refractivity contribution in [1.29, 1.82) is 0 Å². The molecule has 1 aromatic heterocycles. The second-order valence-corrected chi connectivity index (χ2v) is 7.11. The highest BCUT2D eigenvalue weighted by atomic mass is 32.2. The monoisotopic (exact) mass is 275 g/mol. The number of hydrogen-bond acceptors (Lipinski definition) is 4. The summed E-state index contributed by atoms with van der Waals surface area (Å²) in [6.45, 7) is 5.62. The van der Waals surface area contributed by atoms with Crippen molar-refractivity contribution < 1.29 is 8.42 Å². The molecule has 104 valence electrons. The Labute approximate surface area is 107 Å². The van der Waals surface area contributed by atoms with E-state index in [1.54, 1.807) is 18.7 Å². The summed E-state index contributed by atoms with van der Waals surface area (Å²) in [6, 6.07) is 0. The topological polar surface area (TPSA) is 87.1 Å². The van der Waals surface area contributed by atoms with Crippen LogP contribution in [0.4, 0.5) is 5.69 Å². The Bertz CT molecular complexity index is 581. The summed E-state index contributed by atoms with van der Waals surface area (Å²) in [5.74, 6) is 0.156. The van der Waals surface area contributed by atoms with Crippen molar-refractivity contribution in [3.8, 4) is 0 Å². The summed E-state index contributed by atoms with van der Waals surface area (Å²) in [7, 11) is -1.36. The molecule has 0 saturated heterocycles. The Balaban J connectivity index is 3.13. The largest absolute Gasteiger partial charge is 0.393 e. The molecule has 0 atom stereocenters. The first kappa shape index (κ1) is 14.8. The van der Waals surface area contributed by atoms with Gasteiger partial charge in [-0.2, -0.15) is 0 Å². The molecule has 0 aliphatic heterocycles. The molecule has 0 aliphatic rings. The van der Waals surface area contributed by atoms with Crippen molar-refractivity contribution in [3.05, 3.63) is 16.0 Å². The Morgan fingerprint density at radius 1 is 1.33 bits per heavy atom. The van der Waals surface area contributed by atoms with E-state index in [0.29, 0.717) is 0 Å². The van der Waals surface area contributed by atoms with Crippen molar-refractivity contribution in [3.63, 3.8) is 0 Å². The van der Waals surface area contributed by atoms with Gasteiger partial charge < -0.3 is 5.73 Å². The molecule has 0 aliphatic carbocycles. The van der Waals surface area contributed by atoms with Crippen molar-refractivity contribution in [1.82, 2.24) is 9.36 Å². The quantitative estimate of drug-likeness (QED) is 0.838. The van der Waals surface area contributed by atoms with E-state index in [-0.39, 0.29) is 35.2 Å². The highest BCUT2D eigenvalue weighted by Crippen LogP contribution is 2.18. The number of hydrogen-bond donors (Lipinski definition) is 1. The molecule has 0 saturated carbocycles. The van der Waals surface area contributed by atoms with E-state index in [1.807, 2.05) is 13.8 Å². The zero-order valence-electron chi connectivity index (χ0n) is 11.3. The van der Waals surface area contributed by atoms with E-state index in [4.69, 9.17) is 5.73 Å². The van der Waals surface area contributed by atoms with Crippen LogP contribution in [0.3, 0.4) is 0 Å². The molecule has 1 aromatic rings. The van der Waals surface area contributed by atoms with Gasteiger partial charge in [0.15, 0.2) is 9.84 Å². The van der Waals surface area contributed by atoms with E-state index in [2.05, 4.69) is 0 Å². The zero-order valence-corrected chi connectivity index (χ0v) is 12.1. The van der Waals surface area contributed by atoms with Crippen LogP contribution in [0.5, 0.6) is 0 Å². The molecular formula is C11H21N3O3S. The van der Waals surface area contributed by atoms with Crippen molar-refractivity contribution in [2.24, 2.45) is 7.05 Å². The number of sulfone groups is 1. The summed E-state index contributed by atoms with van der Waals surface area (Å²) in [6.07, 6.45) is 0. The minimum absolute atomic E-state index is 0.0434. The first-order valence-electron chi connectivity index (χ1n) is 5.96. The molecule has 6 nitrogen and oxygen atoms in total. The molecule has 1 heterocycles. The number of nitrogens with two attached hydrogens (primary N) is 1. The predicted octanol–water partition coefficient (Wildman–Crippen LogP) is 0.327. The van der Waals surface area contributed by atoms with Gasteiger partial charge in [-0.3, -0.25) is 9.48 Å². The smallest absolute Gasteiger partial charge is 0.290 e. The number of nitrogen functional groups attached to an aromatic ring is 1. The average Bonchev–Trinajstić information content (AvgIpc) is 2.48. The molecule has 1 rings (SSSR count). The van der Waals surface area contributed by atoms with Crippen LogP contribution >= 0.6 is 0 Å². The third kappa shape index (κ3) is 2.77. The molecule has 0 unspecified atom stereocenters. The van der Waals surface area contributed by atoms with Crippen molar-refractivity contribution >= 4 is 15.5 Å². The van der Waals surface area contributed by atoms with Gasteiger partial charge in [0.25, 0.3) is 5.56 Å². The molecular weight excluding hydrogens is 254 g/mol. The second kappa shape index (κ2) is 5.17. The van der Waals surface area contributed by atoms with Gasteiger partial charge in [-0.1, -0.05) is 20.8 Å². The highest BCUT2D eigenvalue weighted by Gasteiger charge is 2.18. The molecule has 0 aromatic carbocycles. The summed E-state index contributed by atoms with van der Waals surface area (Å²) >= 11 is 0. The first-order chi connectivity index (χ1) is 8.21. The maximum absolute atomic E-state index is 11.9. The van der Waals surface area contributed by atoms with E-state index < -0.39 is 9.84 Å². The summed E-state index contributed by atoms with van der Waals surface area (Å²) in [5.41, 5.74) is 6.41. The minimum atomic E-state index is -3.09.